The van der Waals surface area contributed by atoms with Crippen molar-refractivity contribution in [3.05, 3.63) is 34.9 Å². The van der Waals surface area contributed by atoms with Crippen LogP contribution in [0, 0.1) is 5.41 Å². The third-order valence-corrected chi connectivity index (χ3v) is 2.95. The molecular weight excluding hydrogens is 224 g/mol. The van der Waals surface area contributed by atoms with Gasteiger partial charge >= 0.3 is 5.97 Å². The second kappa shape index (κ2) is 4.88. The molecule has 0 amide bonds. The molecule has 0 aliphatic rings. The summed E-state index contributed by atoms with van der Waals surface area (Å²) in [5.41, 5.74) is 0.950. The minimum absolute atomic E-state index is 0.00210. The average molecular weight is 241 g/mol. The lowest BCUT2D eigenvalue weighted by atomic mass is 9.75. The van der Waals surface area contributed by atoms with Gasteiger partial charge in [0, 0.05) is 5.02 Å². The Morgan fingerprint density at radius 2 is 1.81 bits per heavy atom. The first-order chi connectivity index (χ1) is 7.30. The lowest BCUT2D eigenvalue weighted by Crippen LogP contribution is -2.21. The van der Waals surface area contributed by atoms with Crippen molar-refractivity contribution >= 4 is 17.6 Å². The highest BCUT2D eigenvalue weighted by atomic mass is 35.5. The normalized spacial score (nSPS) is 13.5. The minimum Gasteiger partial charge on any atom is -0.481 e. The van der Waals surface area contributed by atoms with E-state index in [1.165, 1.54) is 0 Å². The molecule has 1 aromatic rings. The smallest absolute Gasteiger partial charge is 0.303 e. The lowest BCUT2D eigenvalue weighted by Gasteiger charge is -2.30. The van der Waals surface area contributed by atoms with Crippen LogP contribution in [0.5, 0.6) is 0 Å². The first-order valence-electron chi connectivity index (χ1n) is 5.28. The summed E-state index contributed by atoms with van der Waals surface area (Å²) in [5, 5.41) is 9.61. The number of carboxylic acids is 1. The van der Waals surface area contributed by atoms with E-state index in [-0.39, 0.29) is 17.8 Å². The number of hydrogen-bond acceptors (Lipinski definition) is 1. The maximum Gasteiger partial charge on any atom is 0.303 e. The van der Waals surface area contributed by atoms with Crippen LogP contribution in [0.15, 0.2) is 24.3 Å². The van der Waals surface area contributed by atoms with Gasteiger partial charge in [0.2, 0.25) is 0 Å². The molecule has 16 heavy (non-hydrogen) atoms. The van der Waals surface area contributed by atoms with Crippen molar-refractivity contribution in [2.24, 2.45) is 5.41 Å². The van der Waals surface area contributed by atoms with Gasteiger partial charge in [-0.15, -0.1) is 0 Å². The third-order valence-electron chi connectivity index (χ3n) is 2.70. The summed E-state index contributed by atoms with van der Waals surface area (Å²) in [6.07, 6.45) is 0.144. The van der Waals surface area contributed by atoms with Gasteiger partial charge in [0.1, 0.15) is 0 Å². The molecule has 1 N–H and O–H groups in total. The van der Waals surface area contributed by atoms with Gasteiger partial charge in [0.15, 0.2) is 0 Å². The zero-order valence-electron chi connectivity index (χ0n) is 9.83. The van der Waals surface area contributed by atoms with E-state index in [1.807, 2.05) is 12.1 Å². The first kappa shape index (κ1) is 13.0. The van der Waals surface area contributed by atoms with Crippen LogP contribution in [0.3, 0.4) is 0 Å². The molecule has 1 atom stereocenters. The molecule has 0 bridgehead atoms. The van der Waals surface area contributed by atoms with E-state index in [2.05, 4.69) is 20.8 Å². The Labute approximate surface area is 101 Å². The summed E-state index contributed by atoms with van der Waals surface area (Å²) in [5.74, 6) is -0.767. The second-order valence-corrected chi connectivity index (χ2v) is 5.50. The first-order valence-corrected chi connectivity index (χ1v) is 5.66. The van der Waals surface area contributed by atoms with E-state index in [4.69, 9.17) is 16.7 Å². The molecule has 0 heterocycles. The SMILES string of the molecule is CC(C)(C)C(CC(=O)O)c1ccc(Cl)cc1. The van der Waals surface area contributed by atoms with Crippen LogP contribution in [-0.2, 0) is 4.79 Å². The Bertz CT molecular complexity index is 363. The second-order valence-electron chi connectivity index (χ2n) is 5.07. The Morgan fingerprint density at radius 3 is 2.19 bits per heavy atom. The molecule has 2 nitrogen and oxygen atoms in total. The predicted octanol–water partition coefficient (Wildman–Crippen LogP) is 3.94. The lowest BCUT2D eigenvalue weighted by molar-refractivity contribution is -0.138. The maximum atomic E-state index is 10.9. The highest BCUT2D eigenvalue weighted by Gasteiger charge is 2.28. The van der Waals surface area contributed by atoms with E-state index < -0.39 is 5.97 Å². The topological polar surface area (TPSA) is 37.3 Å². The zero-order chi connectivity index (χ0) is 12.3. The van der Waals surface area contributed by atoms with E-state index in [9.17, 15) is 4.79 Å². The highest BCUT2D eigenvalue weighted by molar-refractivity contribution is 6.30. The van der Waals surface area contributed by atoms with Crippen molar-refractivity contribution in [3.8, 4) is 0 Å². The molecule has 0 radical (unpaired) electrons. The third kappa shape index (κ3) is 3.53. The van der Waals surface area contributed by atoms with Gasteiger partial charge in [0.05, 0.1) is 6.42 Å². The molecule has 0 fully saturated rings. The van der Waals surface area contributed by atoms with Crippen LogP contribution in [0.4, 0.5) is 0 Å². The van der Waals surface area contributed by atoms with E-state index in [0.29, 0.717) is 5.02 Å². The fourth-order valence-electron chi connectivity index (χ4n) is 1.79. The van der Waals surface area contributed by atoms with Crippen LogP contribution < -0.4 is 0 Å². The van der Waals surface area contributed by atoms with Crippen molar-refractivity contribution in [2.45, 2.75) is 33.1 Å². The molecule has 0 aliphatic heterocycles. The molecule has 0 aliphatic carbocycles. The predicted molar refractivity (Wildman–Crippen MR) is 65.9 cm³/mol. The Morgan fingerprint density at radius 1 is 1.31 bits per heavy atom. The highest BCUT2D eigenvalue weighted by Crippen LogP contribution is 2.37. The largest absolute Gasteiger partial charge is 0.481 e. The van der Waals surface area contributed by atoms with Crippen LogP contribution >= 0.6 is 11.6 Å². The minimum atomic E-state index is -0.769. The summed E-state index contributed by atoms with van der Waals surface area (Å²) < 4.78 is 0. The summed E-state index contributed by atoms with van der Waals surface area (Å²) in [6.45, 7) is 6.15. The summed E-state index contributed by atoms with van der Waals surface area (Å²) in [4.78, 5) is 10.9. The van der Waals surface area contributed by atoms with Gasteiger partial charge in [0.25, 0.3) is 0 Å². The Balaban J connectivity index is 3.01. The number of halogens is 1. The number of hydrogen-bond donors (Lipinski definition) is 1. The maximum absolute atomic E-state index is 10.9. The monoisotopic (exact) mass is 240 g/mol. The summed E-state index contributed by atoms with van der Waals surface area (Å²) in [7, 11) is 0. The summed E-state index contributed by atoms with van der Waals surface area (Å²) in [6, 6.07) is 7.41. The van der Waals surface area contributed by atoms with Crippen LogP contribution in [0.25, 0.3) is 0 Å². The van der Waals surface area contributed by atoms with E-state index in [0.717, 1.165) is 5.56 Å². The molecule has 0 spiro atoms. The number of aliphatic carboxylic acids is 1. The van der Waals surface area contributed by atoms with Crippen molar-refractivity contribution in [1.82, 2.24) is 0 Å². The fourth-order valence-corrected chi connectivity index (χ4v) is 1.92. The molecule has 0 saturated heterocycles. The van der Waals surface area contributed by atoms with Crippen molar-refractivity contribution < 1.29 is 9.90 Å². The molecule has 88 valence electrons. The van der Waals surface area contributed by atoms with Crippen molar-refractivity contribution in [3.63, 3.8) is 0 Å². The van der Waals surface area contributed by atoms with Crippen LogP contribution in [-0.4, -0.2) is 11.1 Å². The molecule has 1 aromatic carbocycles. The standard InChI is InChI=1S/C13H17ClO2/c1-13(2,3)11(8-12(15)16)9-4-6-10(14)7-5-9/h4-7,11H,8H2,1-3H3,(H,15,16). The molecular formula is C13H17ClO2. The molecule has 3 heteroatoms. The Hall–Kier alpha value is -1.02. The van der Waals surface area contributed by atoms with E-state index in [1.54, 1.807) is 12.1 Å². The van der Waals surface area contributed by atoms with Crippen LogP contribution in [0.2, 0.25) is 5.02 Å². The molecule has 0 saturated carbocycles. The van der Waals surface area contributed by atoms with E-state index >= 15 is 0 Å². The van der Waals surface area contributed by atoms with Gasteiger partial charge < -0.3 is 5.11 Å². The number of benzene rings is 1. The molecule has 1 unspecified atom stereocenters. The van der Waals surface area contributed by atoms with Gasteiger partial charge in [-0.25, -0.2) is 0 Å². The summed E-state index contributed by atoms with van der Waals surface area (Å²) >= 11 is 5.82. The average Bonchev–Trinajstić information content (AvgIpc) is 2.14. The van der Waals surface area contributed by atoms with Crippen molar-refractivity contribution in [2.75, 3.05) is 0 Å². The molecule has 0 aromatic heterocycles. The van der Waals surface area contributed by atoms with Crippen LogP contribution in [0.1, 0.15) is 38.7 Å². The molecule has 1 rings (SSSR count). The number of carbonyl (C=O) groups is 1. The zero-order valence-corrected chi connectivity index (χ0v) is 10.6. The van der Waals surface area contributed by atoms with Gasteiger partial charge in [-0.3, -0.25) is 4.79 Å². The van der Waals surface area contributed by atoms with Crippen molar-refractivity contribution in [1.29, 1.82) is 0 Å². The van der Waals surface area contributed by atoms with Gasteiger partial charge in [-0.05, 0) is 29.0 Å². The van der Waals surface area contributed by atoms with Gasteiger partial charge in [-0.1, -0.05) is 44.5 Å². The number of carboxylic acid groups (broad SMARTS) is 1. The number of rotatable bonds is 3. The fraction of sp³-hybridized carbons (Fsp3) is 0.462. The quantitative estimate of drug-likeness (QED) is 0.869. The van der Waals surface area contributed by atoms with Gasteiger partial charge in [-0.2, -0.15) is 0 Å². The Kier molecular flexibility index (Phi) is 3.98.